The molecule has 0 aliphatic carbocycles. The van der Waals surface area contributed by atoms with Crippen molar-refractivity contribution in [1.82, 2.24) is 0 Å². The number of fused-ring (bicyclic) bond motifs is 1. The van der Waals surface area contributed by atoms with Crippen LogP contribution in [0.3, 0.4) is 0 Å². The molecule has 2 rings (SSSR count). The zero-order valence-corrected chi connectivity index (χ0v) is 9.66. The summed E-state index contributed by atoms with van der Waals surface area (Å²) >= 11 is 0. The van der Waals surface area contributed by atoms with Gasteiger partial charge in [0.15, 0.2) is 0 Å². The minimum atomic E-state index is -0.223. The van der Waals surface area contributed by atoms with Gasteiger partial charge in [-0.15, -0.1) is 0 Å². The minimum absolute atomic E-state index is 0.143. The summed E-state index contributed by atoms with van der Waals surface area (Å²) in [7, 11) is 1.41. The molecule has 0 amide bonds. The van der Waals surface area contributed by atoms with Gasteiger partial charge in [-0.25, -0.2) is 0 Å². The van der Waals surface area contributed by atoms with Crippen molar-refractivity contribution in [2.24, 2.45) is 0 Å². The molecule has 0 spiro atoms. The first kappa shape index (κ1) is 11.1. The summed E-state index contributed by atoms with van der Waals surface area (Å²) < 4.78 is 10.3. The molecule has 0 N–H and O–H groups in total. The van der Waals surface area contributed by atoms with Crippen molar-refractivity contribution >= 4 is 5.97 Å². The van der Waals surface area contributed by atoms with Crippen LogP contribution in [0.1, 0.15) is 29.2 Å². The van der Waals surface area contributed by atoms with Crippen LogP contribution in [0.25, 0.3) is 0 Å². The molecule has 1 aliphatic heterocycles. The van der Waals surface area contributed by atoms with Gasteiger partial charge in [-0.05, 0) is 30.0 Å². The maximum Gasteiger partial charge on any atom is 0.308 e. The Bertz CT molecular complexity index is 398. The van der Waals surface area contributed by atoms with Gasteiger partial charge in [0, 0.05) is 0 Å². The predicted molar refractivity (Wildman–Crippen MR) is 60.2 cm³/mol. The van der Waals surface area contributed by atoms with Crippen LogP contribution in [0, 0.1) is 6.92 Å². The molecule has 3 nitrogen and oxygen atoms in total. The highest BCUT2D eigenvalue weighted by atomic mass is 16.5. The van der Waals surface area contributed by atoms with E-state index in [0.717, 1.165) is 12.0 Å². The summed E-state index contributed by atoms with van der Waals surface area (Å²) in [6.45, 7) is 2.78. The van der Waals surface area contributed by atoms with Crippen molar-refractivity contribution in [3.63, 3.8) is 0 Å². The summed E-state index contributed by atoms with van der Waals surface area (Å²) in [5.74, 6) is -0.223. The molecule has 0 saturated heterocycles. The Labute approximate surface area is 95.4 Å². The van der Waals surface area contributed by atoms with E-state index in [9.17, 15) is 4.79 Å². The number of hydrogen-bond donors (Lipinski definition) is 0. The first-order chi connectivity index (χ1) is 7.72. The van der Waals surface area contributed by atoms with Crippen LogP contribution in [-0.2, 0) is 20.7 Å². The SMILES string of the molecule is COC(=O)C[C@@H]1OCCc2c(C)cccc21. The van der Waals surface area contributed by atoms with E-state index in [1.165, 1.54) is 18.2 Å². The highest BCUT2D eigenvalue weighted by Gasteiger charge is 2.24. The number of esters is 1. The molecule has 1 heterocycles. The third-order valence-electron chi connectivity index (χ3n) is 3.04. The Morgan fingerprint density at radius 2 is 2.38 bits per heavy atom. The standard InChI is InChI=1S/C13H16O3/c1-9-4-3-5-11-10(9)6-7-16-12(11)8-13(14)15-2/h3-5,12H,6-8H2,1-2H3/t12-/m0/s1. The van der Waals surface area contributed by atoms with Crippen molar-refractivity contribution in [2.45, 2.75) is 25.9 Å². The van der Waals surface area contributed by atoms with Gasteiger partial charge in [0.25, 0.3) is 0 Å². The largest absolute Gasteiger partial charge is 0.469 e. The average molecular weight is 220 g/mol. The van der Waals surface area contributed by atoms with Crippen LogP contribution < -0.4 is 0 Å². The molecule has 0 unspecified atom stereocenters. The van der Waals surface area contributed by atoms with Crippen molar-refractivity contribution in [1.29, 1.82) is 0 Å². The molecular weight excluding hydrogens is 204 g/mol. The molecule has 1 aromatic carbocycles. The van der Waals surface area contributed by atoms with E-state index < -0.39 is 0 Å². The summed E-state index contributed by atoms with van der Waals surface area (Å²) in [6, 6.07) is 6.14. The monoisotopic (exact) mass is 220 g/mol. The van der Waals surface area contributed by atoms with Crippen molar-refractivity contribution in [3.8, 4) is 0 Å². The molecular formula is C13H16O3. The van der Waals surface area contributed by atoms with Crippen LogP contribution in [0.4, 0.5) is 0 Å². The fourth-order valence-corrected chi connectivity index (χ4v) is 2.16. The van der Waals surface area contributed by atoms with Gasteiger partial charge < -0.3 is 9.47 Å². The fourth-order valence-electron chi connectivity index (χ4n) is 2.16. The van der Waals surface area contributed by atoms with Crippen LogP contribution >= 0.6 is 0 Å². The normalized spacial score (nSPS) is 19.0. The topological polar surface area (TPSA) is 35.5 Å². The van der Waals surface area contributed by atoms with Gasteiger partial charge in [-0.2, -0.15) is 0 Å². The molecule has 0 fully saturated rings. The van der Waals surface area contributed by atoms with E-state index >= 15 is 0 Å². The molecule has 0 aromatic heterocycles. The van der Waals surface area contributed by atoms with E-state index in [1.807, 2.05) is 12.1 Å². The van der Waals surface area contributed by atoms with E-state index in [0.29, 0.717) is 13.0 Å². The zero-order chi connectivity index (χ0) is 11.5. The molecule has 16 heavy (non-hydrogen) atoms. The maximum atomic E-state index is 11.3. The number of benzene rings is 1. The minimum Gasteiger partial charge on any atom is -0.469 e. The number of aryl methyl sites for hydroxylation is 1. The Hall–Kier alpha value is -1.35. The molecule has 86 valence electrons. The summed E-state index contributed by atoms with van der Waals surface area (Å²) in [4.78, 5) is 11.3. The van der Waals surface area contributed by atoms with Gasteiger partial charge in [-0.1, -0.05) is 18.2 Å². The Kier molecular flexibility index (Phi) is 3.25. The highest BCUT2D eigenvalue weighted by molar-refractivity contribution is 5.70. The second-order valence-electron chi connectivity index (χ2n) is 4.03. The fraction of sp³-hybridized carbons (Fsp3) is 0.462. The van der Waals surface area contributed by atoms with Crippen LogP contribution in [0.5, 0.6) is 0 Å². The third-order valence-corrected chi connectivity index (χ3v) is 3.04. The molecule has 1 atom stereocenters. The average Bonchev–Trinajstić information content (AvgIpc) is 2.30. The van der Waals surface area contributed by atoms with E-state index in [-0.39, 0.29) is 12.1 Å². The van der Waals surface area contributed by atoms with Gasteiger partial charge in [0.05, 0.1) is 26.2 Å². The summed E-state index contributed by atoms with van der Waals surface area (Å²) in [5, 5.41) is 0. The first-order valence-corrected chi connectivity index (χ1v) is 5.49. The van der Waals surface area contributed by atoms with Crippen molar-refractivity contribution in [2.75, 3.05) is 13.7 Å². The van der Waals surface area contributed by atoms with Crippen molar-refractivity contribution in [3.05, 3.63) is 34.9 Å². The molecule has 0 bridgehead atoms. The number of rotatable bonds is 2. The van der Waals surface area contributed by atoms with Gasteiger partial charge in [0.2, 0.25) is 0 Å². The Morgan fingerprint density at radius 1 is 1.56 bits per heavy atom. The lowest BCUT2D eigenvalue weighted by Crippen LogP contribution is -2.20. The maximum absolute atomic E-state index is 11.3. The number of carbonyl (C=O) groups is 1. The van der Waals surface area contributed by atoms with Gasteiger partial charge in [-0.3, -0.25) is 4.79 Å². The second kappa shape index (κ2) is 4.66. The first-order valence-electron chi connectivity index (χ1n) is 5.49. The Morgan fingerprint density at radius 3 is 3.12 bits per heavy atom. The number of methoxy groups -OCH3 is 1. The lowest BCUT2D eigenvalue weighted by molar-refractivity contribution is -0.144. The molecule has 3 heteroatoms. The summed E-state index contributed by atoms with van der Waals surface area (Å²) in [5.41, 5.74) is 3.73. The quantitative estimate of drug-likeness (QED) is 0.716. The number of ether oxygens (including phenoxy) is 2. The van der Waals surface area contributed by atoms with Crippen LogP contribution in [0.15, 0.2) is 18.2 Å². The molecule has 1 aromatic rings. The van der Waals surface area contributed by atoms with Crippen molar-refractivity contribution < 1.29 is 14.3 Å². The predicted octanol–water partition coefficient (Wildman–Crippen LogP) is 2.17. The highest BCUT2D eigenvalue weighted by Crippen LogP contribution is 2.31. The van der Waals surface area contributed by atoms with E-state index in [2.05, 4.69) is 17.7 Å². The Balaban J connectivity index is 2.26. The smallest absolute Gasteiger partial charge is 0.308 e. The molecule has 1 aliphatic rings. The molecule has 0 saturated carbocycles. The van der Waals surface area contributed by atoms with E-state index in [1.54, 1.807) is 0 Å². The van der Waals surface area contributed by atoms with Gasteiger partial charge >= 0.3 is 5.97 Å². The zero-order valence-electron chi connectivity index (χ0n) is 9.66. The number of carbonyl (C=O) groups excluding carboxylic acids is 1. The van der Waals surface area contributed by atoms with E-state index in [4.69, 9.17) is 4.74 Å². The van der Waals surface area contributed by atoms with Crippen LogP contribution in [-0.4, -0.2) is 19.7 Å². The summed E-state index contributed by atoms with van der Waals surface area (Å²) in [6.07, 6.45) is 1.09. The third kappa shape index (κ3) is 2.09. The lowest BCUT2D eigenvalue weighted by atomic mass is 9.92. The second-order valence-corrected chi connectivity index (χ2v) is 4.03. The molecule has 0 radical (unpaired) electrons. The van der Waals surface area contributed by atoms with Crippen LogP contribution in [0.2, 0.25) is 0 Å². The lowest BCUT2D eigenvalue weighted by Gasteiger charge is -2.26. The van der Waals surface area contributed by atoms with Gasteiger partial charge in [0.1, 0.15) is 0 Å². The number of hydrogen-bond acceptors (Lipinski definition) is 3.